The van der Waals surface area contributed by atoms with Gasteiger partial charge in [0.25, 0.3) is 10.0 Å². The Labute approximate surface area is 167 Å². The predicted molar refractivity (Wildman–Crippen MR) is 108 cm³/mol. The molecule has 7 nitrogen and oxygen atoms in total. The predicted octanol–water partition coefficient (Wildman–Crippen LogP) is 2.85. The zero-order valence-electron chi connectivity index (χ0n) is 15.3. The quantitative estimate of drug-likeness (QED) is 0.502. The summed E-state index contributed by atoms with van der Waals surface area (Å²) >= 11 is 0. The molecule has 0 bridgehead atoms. The molecule has 29 heavy (non-hydrogen) atoms. The molecule has 0 unspecified atom stereocenters. The number of sulfonamides is 1. The lowest BCUT2D eigenvalue weighted by Gasteiger charge is -2.22. The van der Waals surface area contributed by atoms with Gasteiger partial charge in [-0.3, -0.25) is 14.3 Å². The molecule has 0 radical (unpaired) electrons. The van der Waals surface area contributed by atoms with E-state index in [0.29, 0.717) is 0 Å². The highest BCUT2D eigenvalue weighted by Gasteiger charge is 2.34. The van der Waals surface area contributed by atoms with Gasteiger partial charge in [-0.2, -0.15) is 0 Å². The minimum absolute atomic E-state index is 0.00760. The van der Waals surface area contributed by atoms with Gasteiger partial charge in [0.2, 0.25) is 0 Å². The number of carbonyl (C=O) groups is 2. The number of hydrogen-bond acceptors (Lipinski definition) is 6. The third-order valence-corrected chi connectivity index (χ3v) is 6.09. The van der Waals surface area contributed by atoms with Crippen LogP contribution in [0.1, 0.15) is 31.8 Å². The molecule has 0 fully saturated rings. The number of anilines is 2. The van der Waals surface area contributed by atoms with Crippen LogP contribution in [-0.4, -0.2) is 27.1 Å². The van der Waals surface area contributed by atoms with Crippen LogP contribution in [-0.2, 0) is 10.0 Å². The molecule has 0 saturated heterocycles. The molecular weight excluding hydrogens is 392 g/mol. The van der Waals surface area contributed by atoms with Crippen molar-refractivity contribution in [3.05, 3.63) is 82.9 Å². The van der Waals surface area contributed by atoms with Crippen molar-refractivity contribution in [1.29, 1.82) is 0 Å². The second kappa shape index (κ2) is 6.75. The first-order valence-electron chi connectivity index (χ1n) is 8.62. The Morgan fingerprint density at radius 2 is 1.45 bits per heavy atom. The van der Waals surface area contributed by atoms with Gasteiger partial charge in [-0.05, 0) is 18.2 Å². The number of rotatable bonds is 4. The number of fused-ring (bicyclic) bond motifs is 2. The maximum atomic E-state index is 13.0. The highest BCUT2D eigenvalue weighted by atomic mass is 32.2. The summed E-state index contributed by atoms with van der Waals surface area (Å²) in [4.78, 5) is 25.9. The number of ketones is 2. The van der Waals surface area contributed by atoms with Crippen molar-refractivity contribution in [3.63, 3.8) is 0 Å². The Balaban J connectivity index is 1.89. The van der Waals surface area contributed by atoms with Crippen LogP contribution in [0.5, 0.6) is 5.75 Å². The van der Waals surface area contributed by atoms with Gasteiger partial charge in [-0.15, -0.1) is 0 Å². The molecule has 0 atom stereocenters. The molecule has 0 aromatic heterocycles. The number of hydrogen-bond donors (Lipinski definition) is 2. The Hall–Kier alpha value is -3.65. The third-order valence-electron chi connectivity index (χ3n) is 4.71. The topological polar surface area (TPSA) is 116 Å². The van der Waals surface area contributed by atoms with Crippen molar-refractivity contribution in [2.24, 2.45) is 0 Å². The first-order valence-corrected chi connectivity index (χ1v) is 10.1. The molecule has 4 rings (SSSR count). The smallest absolute Gasteiger partial charge is 0.262 e. The molecule has 146 valence electrons. The van der Waals surface area contributed by atoms with E-state index in [2.05, 4.69) is 4.72 Å². The highest BCUT2D eigenvalue weighted by Crippen LogP contribution is 2.41. The normalized spacial score (nSPS) is 12.9. The van der Waals surface area contributed by atoms with Gasteiger partial charge >= 0.3 is 0 Å². The van der Waals surface area contributed by atoms with Gasteiger partial charge < -0.3 is 10.5 Å². The Morgan fingerprint density at radius 1 is 0.862 bits per heavy atom. The van der Waals surface area contributed by atoms with Crippen molar-refractivity contribution >= 4 is 33.0 Å². The van der Waals surface area contributed by atoms with E-state index in [-0.39, 0.29) is 44.3 Å². The number of nitrogen functional groups attached to an aromatic ring is 1. The van der Waals surface area contributed by atoms with Crippen molar-refractivity contribution in [1.82, 2.24) is 0 Å². The molecule has 8 heteroatoms. The molecule has 3 aromatic carbocycles. The summed E-state index contributed by atoms with van der Waals surface area (Å²) in [5.74, 6) is -0.850. The molecule has 1 aliphatic rings. The molecule has 0 saturated carbocycles. The number of nitrogens with one attached hydrogen (secondary N) is 1. The highest BCUT2D eigenvalue weighted by molar-refractivity contribution is 7.92. The van der Waals surface area contributed by atoms with E-state index >= 15 is 0 Å². The molecule has 0 spiro atoms. The largest absolute Gasteiger partial charge is 0.492 e. The van der Waals surface area contributed by atoms with Crippen molar-refractivity contribution in [2.45, 2.75) is 4.90 Å². The van der Waals surface area contributed by atoms with Gasteiger partial charge in [-0.25, -0.2) is 8.42 Å². The van der Waals surface area contributed by atoms with E-state index < -0.39 is 21.6 Å². The number of carbonyl (C=O) groups excluding carboxylic acids is 2. The minimum atomic E-state index is -3.96. The van der Waals surface area contributed by atoms with E-state index in [0.717, 1.165) is 0 Å². The zero-order valence-corrected chi connectivity index (χ0v) is 16.1. The molecule has 1 aliphatic carbocycles. The maximum Gasteiger partial charge on any atom is 0.262 e. The van der Waals surface area contributed by atoms with Crippen LogP contribution in [0.15, 0.2) is 65.6 Å². The van der Waals surface area contributed by atoms with Crippen molar-refractivity contribution in [2.75, 3.05) is 17.6 Å². The average Bonchev–Trinajstić information content (AvgIpc) is 2.72. The van der Waals surface area contributed by atoms with Crippen LogP contribution in [0.4, 0.5) is 11.4 Å². The minimum Gasteiger partial charge on any atom is -0.492 e. The van der Waals surface area contributed by atoms with Crippen LogP contribution in [0.3, 0.4) is 0 Å². The van der Waals surface area contributed by atoms with E-state index in [1.807, 2.05) is 0 Å². The van der Waals surface area contributed by atoms with Gasteiger partial charge in [-0.1, -0.05) is 42.5 Å². The number of methoxy groups -OCH3 is 1. The van der Waals surface area contributed by atoms with Gasteiger partial charge in [0.1, 0.15) is 0 Å². The van der Waals surface area contributed by atoms with Gasteiger partial charge in [0, 0.05) is 16.7 Å². The lowest BCUT2D eigenvalue weighted by atomic mass is 9.83. The Kier molecular flexibility index (Phi) is 4.35. The fraction of sp³-hybridized carbons (Fsp3) is 0.0476. The summed E-state index contributed by atoms with van der Waals surface area (Å²) < 4.78 is 33.2. The Bertz CT molecular complexity index is 1270. The molecule has 3 aromatic rings. The summed E-state index contributed by atoms with van der Waals surface area (Å²) in [5.41, 5.74) is 6.56. The summed E-state index contributed by atoms with van der Waals surface area (Å²) in [6.45, 7) is 0. The van der Waals surface area contributed by atoms with Gasteiger partial charge in [0.15, 0.2) is 17.3 Å². The molecule has 0 heterocycles. The monoisotopic (exact) mass is 408 g/mol. The second-order valence-electron chi connectivity index (χ2n) is 6.42. The summed E-state index contributed by atoms with van der Waals surface area (Å²) in [7, 11) is -2.66. The van der Waals surface area contributed by atoms with Crippen LogP contribution < -0.4 is 15.2 Å². The number of benzene rings is 3. The van der Waals surface area contributed by atoms with Crippen LogP contribution in [0.25, 0.3) is 0 Å². The van der Waals surface area contributed by atoms with E-state index in [9.17, 15) is 18.0 Å². The molecule has 0 amide bonds. The fourth-order valence-corrected chi connectivity index (χ4v) is 4.44. The first-order chi connectivity index (χ1) is 13.8. The number of ether oxygens (including phenoxy) is 1. The second-order valence-corrected chi connectivity index (χ2v) is 8.10. The van der Waals surface area contributed by atoms with E-state index in [4.69, 9.17) is 10.5 Å². The first kappa shape index (κ1) is 18.7. The molecule has 0 aliphatic heterocycles. The van der Waals surface area contributed by atoms with Crippen molar-refractivity contribution < 1.29 is 22.7 Å². The molecular formula is C21H16N2O5S. The number of nitrogens with two attached hydrogens (primary N) is 1. The van der Waals surface area contributed by atoms with E-state index in [1.165, 1.54) is 25.3 Å². The average molecular weight is 408 g/mol. The zero-order chi connectivity index (χ0) is 20.8. The third kappa shape index (κ3) is 2.94. The maximum absolute atomic E-state index is 13.0. The summed E-state index contributed by atoms with van der Waals surface area (Å²) in [5, 5.41) is 0. The van der Waals surface area contributed by atoms with Crippen LogP contribution >= 0.6 is 0 Å². The van der Waals surface area contributed by atoms with Gasteiger partial charge in [0.05, 0.1) is 28.9 Å². The summed E-state index contributed by atoms with van der Waals surface area (Å²) in [6.07, 6.45) is 0. The lowest BCUT2D eigenvalue weighted by Crippen LogP contribution is -2.24. The fourth-order valence-electron chi connectivity index (χ4n) is 3.37. The van der Waals surface area contributed by atoms with Crippen LogP contribution in [0.2, 0.25) is 0 Å². The molecule has 3 N–H and O–H groups in total. The summed E-state index contributed by atoms with van der Waals surface area (Å²) in [6, 6.07) is 15.4. The standard InChI is InChI=1S/C21H16N2O5S/c1-28-21-16(23-29(26,27)12-7-3-2-4-8-12)11-15-17(18(21)22)20(25)14-10-6-5-9-13(14)19(15)24/h2-11,23H,22H2,1H3. The van der Waals surface area contributed by atoms with Crippen LogP contribution in [0, 0.1) is 0 Å². The Morgan fingerprint density at radius 3 is 2.07 bits per heavy atom. The van der Waals surface area contributed by atoms with Crippen molar-refractivity contribution in [3.8, 4) is 5.75 Å². The van der Waals surface area contributed by atoms with E-state index in [1.54, 1.807) is 42.5 Å². The lowest BCUT2D eigenvalue weighted by molar-refractivity contribution is 0.0979. The SMILES string of the molecule is COc1c(NS(=O)(=O)c2ccccc2)cc2c(c1N)C(=O)c1ccccc1C2=O.